The molecule has 3 heterocycles. The Bertz CT molecular complexity index is 1530. The smallest absolute Gasteiger partial charge is 0.416 e. The van der Waals surface area contributed by atoms with Gasteiger partial charge >= 0.3 is 6.18 Å². The molecule has 7 nitrogen and oxygen atoms in total. The second-order valence-electron chi connectivity index (χ2n) is 9.18. The average molecular weight is 534 g/mol. The lowest BCUT2D eigenvalue weighted by Gasteiger charge is -2.21. The molecule has 0 saturated carbocycles. The van der Waals surface area contributed by atoms with Crippen LogP contribution in [0.4, 0.5) is 13.2 Å². The minimum absolute atomic E-state index is 0.158. The van der Waals surface area contributed by atoms with Gasteiger partial charge in [0.1, 0.15) is 6.26 Å². The Hall–Kier alpha value is -4.44. The maximum atomic E-state index is 13.0. The van der Waals surface area contributed by atoms with Crippen LogP contribution in [0.5, 0.6) is 0 Å². The first-order valence-electron chi connectivity index (χ1n) is 12.4. The molecular formula is C29H26F3N5O2. The van der Waals surface area contributed by atoms with E-state index in [4.69, 9.17) is 4.42 Å². The van der Waals surface area contributed by atoms with Gasteiger partial charge in [-0.15, -0.1) is 0 Å². The third-order valence-corrected chi connectivity index (χ3v) is 6.41. The second-order valence-corrected chi connectivity index (χ2v) is 9.18. The van der Waals surface area contributed by atoms with E-state index in [-0.39, 0.29) is 18.1 Å². The number of hydrogen-bond donors (Lipinski definition) is 2. The van der Waals surface area contributed by atoms with Gasteiger partial charge in [-0.25, -0.2) is 4.98 Å². The van der Waals surface area contributed by atoms with E-state index in [9.17, 15) is 18.0 Å². The van der Waals surface area contributed by atoms with E-state index >= 15 is 0 Å². The van der Waals surface area contributed by atoms with E-state index in [2.05, 4.69) is 20.3 Å². The maximum absolute atomic E-state index is 13.0. The molecule has 0 aliphatic heterocycles. The molecule has 0 spiro atoms. The van der Waals surface area contributed by atoms with Crippen molar-refractivity contribution in [3.63, 3.8) is 0 Å². The summed E-state index contributed by atoms with van der Waals surface area (Å²) >= 11 is 0. The van der Waals surface area contributed by atoms with E-state index in [1.165, 1.54) is 18.4 Å². The van der Waals surface area contributed by atoms with Gasteiger partial charge in [0.25, 0.3) is 5.91 Å². The van der Waals surface area contributed by atoms with Gasteiger partial charge in [0.05, 0.1) is 12.1 Å². The van der Waals surface area contributed by atoms with E-state index < -0.39 is 11.7 Å². The molecule has 2 N–H and O–H groups in total. The first kappa shape index (κ1) is 26.2. The Balaban J connectivity index is 1.28. The van der Waals surface area contributed by atoms with Crippen molar-refractivity contribution in [2.24, 2.45) is 0 Å². The predicted octanol–water partition coefficient (Wildman–Crippen LogP) is 5.74. The highest BCUT2D eigenvalue weighted by atomic mass is 19.4. The molecule has 0 atom stereocenters. The lowest BCUT2D eigenvalue weighted by Crippen LogP contribution is -2.26. The van der Waals surface area contributed by atoms with Crippen molar-refractivity contribution < 1.29 is 22.4 Å². The van der Waals surface area contributed by atoms with Gasteiger partial charge in [-0.05, 0) is 53.4 Å². The molecule has 0 bridgehead atoms. The number of alkyl halides is 3. The van der Waals surface area contributed by atoms with Crippen LogP contribution < -0.4 is 5.32 Å². The first-order chi connectivity index (χ1) is 18.8. The summed E-state index contributed by atoms with van der Waals surface area (Å²) in [7, 11) is 0. The summed E-state index contributed by atoms with van der Waals surface area (Å²) in [6.07, 6.45) is 2.89. The second kappa shape index (κ2) is 11.5. The Labute approximate surface area is 222 Å². The highest BCUT2D eigenvalue weighted by Crippen LogP contribution is 2.29. The van der Waals surface area contributed by atoms with Crippen LogP contribution >= 0.6 is 0 Å². The number of benzene rings is 2. The molecule has 5 rings (SSSR count). The minimum Gasteiger partial charge on any atom is -0.447 e. The van der Waals surface area contributed by atoms with Crippen LogP contribution in [-0.2, 0) is 32.2 Å². The number of carbonyl (C=O) groups excluding carboxylic acids is 1. The number of carbonyl (C=O) groups is 1. The molecule has 0 aliphatic carbocycles. The summed E-state index contributed by atoms with van der Waals surface area (Å²) in [6, 6.07) is 16.7. The molecule has 3 aromatic heterocycles. The van der Waals surface area contributed by atoms with Crippen LogP contribution in [-0.4, -0.2) is 32.3 Å². The van der Waals surface area contributed by atoms with Gasteiger partial charge in [0.2, 0.25) is 5.89 Å². The Kier molecular flexibility index (Phi) is 7.74. The average Bonchev–Trinajstić information content (AvgIpc) is 3.58. The topological polar surface area (TPSA) is 87.0 Å². The Morgan fingerprint density at radius 3 is 2.51 bits per heavy atom. The number of rotatable bonds is 10. The summed E-state index contributed by atoms with van der Waals surface area (Å²) in [6.45, 7) is 1.58. The number of aromatic amines is 1. The van der Waals surface area contributed by atoms with Crippen molar-refractivity contribution in [3.05, 3.63) is 119 Å². The van der Waals surface area contributed by atoms with Gasteiger partial charge in [-0.1, -0.05) is 30.3 Å². The standard InChI is InChI=1S/C29H26F3N5O2/c30-29(31,32)23-7-5-21(6-8-23)17-37(14-11-22-16-34-25-4-2-1-3-24(22)25)18-27-36-26(19-39-27)28(38)35-15-20-9-12-33-13-10-20/h1-10,12-13,16,19,34H,11,14-15,17-18H2,(H,35,38). The predicted molar refractivity (Wildman–Crippen MR) is 139 cm³/mol. The van der Waals surface area contributed by atoms with E-state index in [1.54, 1.807) is 24.5 Å². The van der Waals surface area contributed by atoms with Gasteiger partial charge in [0, 0.05) is 49.1 Å². The minimum atomic E-state index is -4.39. The molecule has 200 valence electrons. The summed E-state index contributed by atoms with van der Waals surface area (Å²) in [5.41, 5.74) is 3.27. The van der Waals surface area contributed by atoms with E-state index in [0.717, 1.165) is 39.7 Å². The number of oxazole rings is 1. The SMILES string of the molecule is O=C(NCc1ccncc1)c1coc(CN(CCc2c[nH]c3ccccc23)Cc2ccc(C(F)(F)F)cc2)n1. The van der Waals surface area contributed by atoms with Crippen molar-refractivity contribution in [1.82, 2.24) is 25.2 Å². The Morgan fingerprint density at radius 2 is 1.74 bits per heavy atom. The van der Waals surface area contributed by atoms with Crippen LogP contribution in [0.25, 0.3) is 10.9 Å². The number of aromatic nitrogens is 3. The molecule has 2 aromatic carbocycles. The molecular weight excluding hydrogens is 507 g/mol. The zero-order valence-electron chi connectivity index (χ0n) is 20.9. The van der Waals surface area contributed by atoms with Gasteiger partial charge < -0.3 is 14.7 Å². The summed E-state index contributed by atoms with van der Waals surface area (Å²) < 4.78 is 44.7. The lowest BCUT2D eigenvalue weighted by atomic mass is 10.1. The maximum Gasteiger partial charge on any atom is 0.416 e. The fraction of sp³-hybridized carbons (Fsp3) is 0.207. The zero-order valence-corrected chi connectivity index (χ0v) is 20.9. The van der Waals surface area contributed by atoms with E-state index in [0.29, 0.717) is 31.9 Å². The fourth-order valence-electron chi connectivity index (χ4n) is 4.34. The summed E-state index contributed by atoms with van der Waals surface area (Å²) in [5.74, 6) is -0.0233. The Morgan fingerprint density at radius 1 is 0.974 bits per heavy atom. The zero-order chi connectivity index (χ0) is 27.2. The van der Waals surface area contributed by atoms with Crippen LogP contribution in [0.3, 0.4) is 0 Å². The molecule has 39 heavy (non-hydrogen) atoms. The van der Waals surface area contributed by atoms with E-state index in [1.807, 2.05) is 35.4 Å². The number of nitrogens with zero attached hydrogens (tertiary/aromatic N) is 3. The largest absolute Gasteiger partial charge is 0.447 e. The van der Waals surface area contributed by atoms with Crippen LogP contribution in [0.1, 0.15) is 38.6 Å². The lowest BCUT2D eigenvalue weighted by molar-refractivity contribution is -0.137. The van der Waals surface area contributed by atoms with Crippen LogP contribution in [0, 0.1) is 0 Å². The number of amides is 1. The van der Waals surface area contributed by atoms with Crippen molar-refractivity contribution in [2.45, 2.75) is 32.2 Å². The normalized spacial score (nSPS) is 11.8. The van der Waals surface area contributed by atoms with Crippen molar-refractivity contribution >= 4 is 16.8 Å². The summed E-state index contributed by atoms with van der Waals surface area (Å²) in [4.78, 5) is 26.2. The molecule has 10 heteroatoms. The molecule has 0 saturated heterocycles. The van der Waals surface area contributed by atoms with Gasteiger partial charge in [-0.3, -0.25) is 14.7 Å². The number of fused-ring (bicyclic) bond motifs is 1. The number of nitrogens with one attached hydrogen (secondary N) is 2. The number of H-pyrrole nitrogens is 1. The number of pyridine rings is 1. The first-order valence-corrected chi connectivity index (χ1v) is 12.4. The molecule has 0 radical (unpaired) electrons. The van der Waals surface area contributed by atoms with Crippen molar-refractivity contribution in [2.75, 3.05) is 6.54 Å². The number of halogens is 3. The monoisotopic (exact) mass is 533 g/mol. The van der Waals surface area contributed by atoms with Crippen LogP contribution in [0.15, 0.2) is 89.9 Å². The van der Waals surface area contributed by atoms with Gasteiger partial charge in [0.15, 0.2) is 5.69 Å². The third-order valence-electron chi connectivity index (χ3n) is 6.41. The molecule has 0 fully saturated rings. The molecule has 1 amide bonds. The number of para-hydroxylation sites is 1. The highest BCUT2D eigenvalue weighted by Gasteiger charge is 2.30. The molecule has 0 aliphatic rings. The summed E-state index contributed by atoms with van der Waals surface area (Å²) in [5, 5.41) is 3.92. The van der Waals surface area contributed by atoms with Crippen molar-refractivity contribution in [1.29, 1.82) is 0 Å². The van der Waals surface area contributed by atoms with Crippen molar-refractivity contribution in [3.8, 4) is 0 Å². The third kappa shape index (κ3) is 6.71. The number of hydrogen-bond acceptors (Lipinski definition) is 5. The molecule has 0 unspecified atom stereocenters. The van der Waals surface area contributed by atoms with Gasteiger partial charge in [-0.2, -0.15) is 13.2 Å². The fourth-order valence-corrected chi connectivity index (χ4v) is 4.34. The van der Waals surface area contributed by atoms with Crippen LogP contribution in [0.2, 0.25) is 0 Å². The highest BCUT2D eigenvalue weighted by molar-refractivity contribution is 5.91. The molecule has 5 aromatic rings. The quantitative estimate of drug-likeness (QED) is 0.239.